The van der Waals surface area contributed by atoms with E-state index in [1.807, 2.05) is 84.9 Å². The number of carbonyl (C=O) groups is 1. The summed E-state index contributed by atoms with van der Waals surface area (Å²) in [5.74, 6) is 0. The highest BCUT2D eigenvalue weighted by Gasteiger charge is 1.99. The Labute approximate surface area is 162 Å². The molecule has 5 heteroatoms. The third-order valence-electron chi connectivity index (χ3n) is 4.39. The van der Waals surface area contributed by atoms with Gasteiger partial charge in [-0.25, -0.2) is 15.6 Å². The van der Waals surface area contributed by atoms with Crippen LogP contribution in [0.15, 0.2) is 95.1 Å². The fraction of sp³-hybridized carbons (Fsp3) is 0. The van der Waals surface area contributed by atoms with E-state index in [0.29, 0.717) is 0 Å². The second kappa shape index (κ2) is 8.14. The molecule has 0 atom stereocenters. The van der Waals surface area contributed by atoms with E-state index >= 15 is 0 Å². The van der Waals surface area contributed by atoms with Gasteiger partial charge < -0.3 is 0 Å². The van der Waals surface area contributed by atoms with E-state index in [9.17, 15) is 4.79 Å². The summed E-state index contributed by atoms with van der Waals surface area (Å²) < 4.78 is 0. The van der Waals surface area contributed by atoms with Crippen LogP contribution in [0, 0.1) is 0 Å². The number of hydrazone groups is 2. The molecule has 0 aromatic heterocycles. The van der Waals surface area contributed by atoms with Gasteiger partial charge in [0.05, 0.1) is 12.4 Å². The van der Waals surface area contributed by atoms with E-state index in [1.54, 1.807) is 12.4 Å². The summed E-state index contributed by atoms with van der Waals surface area (Å²) in [5, 5.41) is 12.4. The summed E-state index contributed by atoms with van der Waals surface area (Å²) in [6, 6.07) is 27.4. The molecule has 0 heterocycles. The summed E-state index contributed by atoms with van der Waals surface area (Å²) in [7, 11) is 0. The minimum atomic E-state index is -0.507. The third kappa shape index (κ3) is 3.88. The molecule has 0 unspecified atom stereocenters. The van der Waals surface area contributed by atoms with Crippen LogP contribution in [0.1, 0.15) is 11.1 Å². The van der Waals surface area contributed by atoms with Crippen molar-refractivity contribution in [2.24, 2.45) is 10.2 Å². The molecule has 4 rings (SSSR count). The number of carbonyl (C=O) groups excluding carboxylic acids is 1. The molecule has 0 saturated carbocycles. The minimum absolute atomic E-state index is 0.507. The van der Waals surface area contributed by atoms with Crippen molar-refractivity contribution in [2.75, 3.05) is 0 Å². The smallest absolute Gasteiger partial charge is 0.245 e. The summed E-state index contributed by atoms with van der Waals surface area (Å²) >= 11 is 0. The second-order valence-corrected chi connectivity index (χ2v) is 6.21. The predicted molar refractivity (Wildman–Crippen MR) is 115 cm³/mol. The van der Waals surface area contributed by atoms with E-state index in [0.717, 1.165) is 32.7 Å². The van der Waals surface area contributed by atoms with Crippen LogP contribution >= 0.6 is 0 Å². The molecule has 28 heavy (non-hydrogen) atoms. The number of nitrogens with one attached hydrogen (secondary N) is 2. The fourth-order valence-corrected chi connectivity index (χ4v) is 3.07. The van der Waals surface area contributed by atoms with Crippen LogP contribution in [0.3, 0.4) is 0 Å². The van der Waals surface area contributed by atoms with Gasteiger partial charge in [0, 0.05) is 11.1 Å². The van der Waals surface area contributed by atoms with Crippen LogP contribution in [0.5, 0.6) is 0 Å². The number of hydrogen-bond acceptors (Lipinski definition) is 3. The molecule has 0 aliphatic rings. The molecule has 0 fully saturated rings. The predicted octanol–water partition coefficient (Wildman–Crippen LogP) is 4.66. The van der Waals surface area contributed by atoms with Crippen LogP contribution in [0.2, 0.25) is 0 Å². The molecular weight excluding hydrogens is 348 g/mol. The standard InChI is InChI=1S/C23H18N4O/c28-23(26-24-15-19-11-5-9-17-7-1-3-13-21(17)19)27-25-16-20-12-6-10-18-8-2-4-14-22(18)20/h1-16H,(H2,26,27,28)/b24-15-,25-16+. The van der Waals surface area contributed by atoms with Crippen molar-refractivity contribution in [3.63, 3.8) is 0 Å². The van der Waals surface area contributed by atoms with Gasteiger partial charge in [-0.3, -0.25) is 0 Å². The Kier molecular flexibility index (Phi) is 5.06. The Morgan fingerprint density at radius 1 is 0.607 bits per heavy atom. The number of nitrogens with zero attached hydrogens (tertiary/aromatic N) is 2. The number of rotatable bonds is 4. The van der Waals surface area contributed by atoms with Gasteiger partial charge in [-0.15, -0.1) is 0 Å². The first-order valence-corrected chi connectivity index (χ1v) is 8.89. The van der Waals surface area contributed by atoms with Gasteiger partial charge >= 0.3 is 6.03 Å². The van der Waals surface area contributed by atoms with Crippen LogP contribution < -0.4 is 10.9 Å². The third-order valence-corrected chi connectivity index (χ3v) is 4.39. The van der Waals surface area contributed by atoms with Crippen molar-refractivity contribution in [1.29, 1.82) is 0 Å². The zero-order valence-electron chi connectivity index (χ0n) is 15.0. The zero-order chi connectivity index (χ0) is 19.2. The topological polar surface area (TPSA) is 65.8 Å². The first kappa shape index (κ1) is 17.4. The molecule has 2 amide bonds. The molecule has 0 radical (unpaired) electrons. The van der Waals surface area contributed by atoms with Gasteiger partial charge in [-0.05, 0) is 21.5 Å². The molecule has 0 aliphatic heterocycles. The van der Waals surface area contributed by atoms with Crippen LogP contribution in [-0.2, 0) is 0 Å². The number of benzene rings is 4. The van der Waals surface area contributed by atoms with Crippen molar-refractivity contribution in [3.05, 3.63) is 96.1 Å². The lowest BCUT2D eigenvalue weighted by molar-refractivity contribution is 0.242. The van der Waals surface area contributed by atoms with Gasteiger partial charge in [-0.2, -0.15) is 10.2 Å². The van der Waals surface area contributed by atoms with E-state index in [-0.39, 0.29) is 0 Å². The quantitative estimate of drug-likeness (QED) is 0.400. The molecule has 0 aliphatic carbocycles. The maximum atomic E-state index is 11.9. The van der Waals surface area contributed by atoms with Gasteiger partial charge in [0.25, 0.3) is 0 Å². The largest absolute Gasteiger partial charge is 0.355 e. The van der Waals surface area contributed by atoms with E-state index in [1.165, 1.54) is 0 Å². The molecule has 2 N–H and O–H groups in total. The molecule has 4 aromatic rings. The lowest BCUT2D eigenvalue weighted by atomic mass is 10.1. The zero-order valence-corrected chi connectivity index (χ0v) is 15.0. The Hall–Kier alpha value is -3.99. The highest BCUT2D eigenvalue weighted by molar-refractivity contribution is 6.01. The number of urea groups is 1. The van der Waals surface area contributed by atoms with E-state index in [2.05, 4.69) is 21.1 Å². The average molecular weight is 366 g/mol. The molecule has 4 aromatic carbocycles. The maximum absolute atomic E-state index is 11.9. The van der Waals surface area contributed by atoms with Crippen molar-refractivity contribution in [2.45, 2.75) is 0 Å². The van der Waals surface area contributed by atoms with Gasteiger partial charge in [0.15, 0.2) is 0 Å². The Balaban J connectivity index is 1.39. The SMILES string of the molecule is O=C(N/N=C\c1cccc2ccccc12)N/N=C/c1cccc2ccccc12. The maximum Gasteiger partial charge on any atom is 0.355 e. The summed E-state index contributed by atoms with van der Waals surface area (Å²) in [4.78, 5) is 11.9. The molecular formula is C23H18N4O. The van der Waals surface area contributed by atoms with Crippen LogP contribution in [0.25, 0.3) is 21.5 Å². The fourth-order valence-electron chi connectivity index (χ4n) is 3.07. The highest BCUT2D eigenvalue weighted by Crippen LogP contribution is 2.17. The Bertz CT molecular complexity index is 1090. The lowest BCUT2D eigenvalue weighted by Gasteiger charge is -2.02. The van der Waals surface area contributed by atoms with Crippen LogP contribution in [0.4, 0.5) is 4.79 Å². The van der Waals surface area contributed by atoms with Crippen LogP contribution in [-0.4, -0.2) is 18.5 Å². The van der Waals surface area contributed by atoms with E-state index < -0.39 is 6.03 Å². The van der Waals surface area contributed by atoms with Gasteiger partial charge in [0.1, 0.15) is 0 Å². The van der Waals surface area contributed by atoms with Crippen molar-refractivity contribution >= 4 is 40.0 Å². The molecule has 0 spiro atoms. The highest BCUT2D eigenvalue weighted by atomic mass is 16.2. The Morgan fingerprint density at radius 3 is 1.54 bits per heavy atom. The van der Waals surface area contributed by atoms with Crippen molar-refractivity contribution in [1.82, 2.24) is 10.9 Å². The summed E-state index contributed by atoms with van der Waals surface area (Å²) in [6.07, 6.45) is 3.24. The lowest BCUT2D eigenvalue weighted by Crippen LogP contribution is -2.28. The molecule has 136 valence electrons. The first-order valence-electron chi connectivity index (χ1n) is 8.89. The summed E-state index contributed by atoms with van der Waals surface area (Å²) in [5.41, 5.74) is 6.71. The second-order valence-electron chi connectivity index (χ2n) is 6.21. The molecule has 0 bridgehead atoms. The number of hydrogen-bond donors (Lipinski definition) is 2. The van der Waals surface area contributed by atoms with Gasteiger partial charge in [-0.1, -0.05) is 84.9 Å². The minimum Gasteiger partial charge on any atom is -0.245 e. The van der Waals surface area contributed by atoms with Gasteiger partial charge in [0.2, 0.25) is 0 Å². The number of fused-ring (bicyclic) bond motifs is 2. The van der Waals surface area contributed by atoms with Crippen molar-refractivity contribution < 1.29 is 4.79 Å². The van der Waals surface area contributed by atoms with Crippen molar-refractivity contribution in [3.8, 4) is 0 Å². The monoisotopic (exact) mass is 366 g/mol. The normalized spacial score (nSPS) is 11.4. The number of amides is 2. The molecule has 5 nitrogen and oxygen atoms in total. The average Bonchev–Trinajstić information content (AvgIpc) is 2.74. The van der Waals surface area contributed by atoms with E-state index in [4.69, 9.17) is 0 Å². The first-order chi connectivity index (χ1) is 13.8. The summed E-state index contributed by atoms with van der Waals surface area (Å²) in [6.45, 7) is 0. The Morgan fingerprint density at radius 2 is 1.04 bits per heavy atom. The molecule has 0 saturated heterocycles.